The number of aromatic amines is 1. The number of hydrogen-bond acceptors (Lipinski definition) is 6. The van der Waals surface area contributed by atoms with Crippen LogP contribution < -0.4 is 10.1 Å². The van der Waals surface area contributed by atoms with Crippen molar-refractivity contribution in [3.63, 3.8) is 0 Å². The summed E-state index contributed by atoms with van der Waals surface area (Å²) in [6.45, 7) is 0. The zero-order valence-corrected chi connectivity index (χ0v) is 16.9. The highest BCUT2D eigenvalue weighted by Gasteiger charge is 2.11. The number of methoxy groups -OCH3 is 1. The Hall–Kier alpha value is -3.10. The first-order valence-corrected chi connectivity index (χ1v) is 10.0. The largest absolute Gasteiger partial charge is 0.495 e. The van der Waals surface area contributed by atoms with Gasteiger partial charge in [-0.2, -0.15) is 0 Å². The Morgan fingerprint density at radius 1 is 1.17 bits per heavy atom. The number of halogens is 1. The molecule has 2 N–H and O–H groups in total. The molecule has 0 radical (unpaired) electrons. The number of hydrogen-bond donors (Lipinski definition) is 2. The van der Waals surface area contributed by atoms with Gasteiger partial charge in [-0.15, -0.1) is 0 Å². The molecule has 0 aliphatic carbocycles. The number of carbonyl (C=O) groups is 1. The van der Waals surface area contributed by atoms with Gasteiger partial charge in [0.05, 0.1) is 19.1 Å². The molecule has 7 nitrogen and oxygen atoms in total. The van der Waals surface area contributed by atoms with Crippen molar-refractivity contribution >= 4 is 46.1 Å². The molecule has 1 amide bonds. The van der Waals surface area contributed by atoms with Gasteiger partial charge in [0, 0.05) is 16.3 Å². The predicted molar refractivity (Wildman–Crippen MR) is 114 cm³/mol. The van der Waals surface area contributed by atoms with Gasteiger partial charge in [-0.05, 0) is 35.9 Å². The topological polar surface area (TPSA) is 92.8 Å². The molecule has 9 heteroatoms. The summed E-state index contributed by atoms with van der Waals surface area (Å²) < 4.78 is 5.26. The molecule has 2 aromatic heterocycles. The number of benzene rings is 2. The van der Waals surface area contributed by atoms with Crippen molar-refractivity contribution in [2.75, 3.05) is 12.4 Å². The van der Waals surface area contributed by atoms with Crippen molar-refractivity contribution in [3.8, 4) is 5.75 Å². The number of nitrogens with one attached hydrogen (secondary N) is 2. The molecule has 146 valence electrons. The molecule has 0 saturated heterocycles. The van der Waals surface area contributed by atoms with Crippen LogP contribution in [0.4, 0.5) is 5.69 Å². The van der Waals surface area contributed by atoms with Crippen LogP contribution in [0, 0.1) is 0 Å². The van der Waals surface area contributed by atoms with Crippen molar-refractivity contribution in [3.05, 3.63) is 71.3 Å². The lowest BCUT2D eigenvalue weighted by Gasteiger charge is -2.11. The van der Waals surface area contributed by atoms with Gasteiger partial charge in [0.15, 0.2) is 5.65 Å². The van der Waals surface area contributed by atoms with Crippen LogP contribution in [0.1, 0.15) is 15.9 Å². The number of fused-ring (bicyclic) bond motifs is 1. The van der Waals surface area contributed by atoms with Crippen molar-refractivity contribution in [1.82, 2.24) is 19.9 Å². The Bertz CT molecular complexity index is 1160. The smallest absolute Gasteiger partial charge is 0.255 e. The molecule has 0 unspecified atom stereocenters. The highest BCUT2D eigenvalue weighted by molar-refractivity contribution is 7.98. The molecule has 0 saturated carbocycles. The Morgan fingerprint density at radius 2 is 2.00 bits per heavy atom. The summed E-state index contributed by atoms with van der Waals surface area (Å²) in [5.41, 5.74) is 3.60. The summed E-state index contributed by atoms with van der Waals surface area (Å²) in [7, 11) is 1.54. The highest BCUT2D eigenvalue weighted by Crippen LogP contribution is 2.28. The molecular formula is C20H16ClN5O2S. The predicted octanol–water partition coefficient (Wildman–Crippen LogP) is 4.56. The molecular weight excluding hydrogens is 410 g/mol. The molecule has 4 aromatic rings. The zero-order valence-electron chi connectivity index (χ0n) is 15.3. The summed E-state index contributed by atoms with van der Waals surface area (Å²) in [4.78, 5) is 28.2. The molecule has 0 spiro atoms. The van der Waals surface area contributed by atoms with E-state index in [1.807, 2.05) is 12.1 Å². The van der Waals surface area contributed by atoms with Crippen LogP contribution >= 0.6 is 23.4 Å². The number of nitrogens with zero attached hydrogens (tertiary/aromatic N) is 3. The van der Waals surface area contributed by atoms with E-state index < -0.39 is 0 Å². The van der Waals surface area contributed by atoms with Crippen LogP contribution in [0.5, 0.6) is 5.75 Å². The lowest BCUT2D eigenvalue weighted by molar-refractivity contribution is 0.102. The number of aromatic nitrogens is 4. The minimum Gasteiger partial charge on any atom is -0.495 e. The van der Waals surface area contributed by atoms with E-state index in [0.717, 1.165) is 16.1 Å². The lowest BCUT2D eigenvalue weighted by Crippen LogP contribution is -2.12. The van der Waals surface area contributed by atoms with E-state index in [2.05, 4.69) is 25.3 Å². The van der Waals surface area contributed by atoms with Gasteiger partial charge in [-0.1, -0.05) is 35.5 Å². The minimum absolute atomic E-state index is 0.236. The first-order valence-electron chi connectivity index (χ1n) is 8.65. The number of H-pyrrole nitrogens is 1. The normalized spacial score (nSPS) is 10.8. The van der Waals surface area contributed by atoms with Gasteiger partial charge < -0.3 is 15.0 Å². The average molecular weight is 426 g/mol. The average Bonchev–Trinajstić information content (AvgIpc) is 3.22. The van der Waals surface area contributed by atoms with Gasteiger partial charge in [0.25, 0.3) is 5.91 Å². The second kappa shape index (κ2) is 8.50. The first kappa shape index (κ1) is 19.2. The zero-order chi connectivity index (χ0) is 20.2. The fourth-order valence-corrected chi connectivity index (χ4v) is 3.81. The molecule has 0 aliphatic rings. The van der Waals surface area contributed by atoms with Gasteiger partial charge in [-0.3, -0.25) is 4.79 Å². The Labute approximate surface area is 175 Å². The van der Waals surface area contributed by atoms with Crippen molar-refractivity contribution in [1.29, 1.82) is 0 Å². The van der Waals surface area contributed by atoms with Crippen LogP contribution in [-0.4, -0.2) is 33.0 Å². The van der Waals surface area contributed by atoms with Crippen molar-refractivity contribution in [2.24, 2.45) is 0 Å². The number of imidazole rings is 1. The maximum Gasteiger partial charge on any atom is 0.255 e. The maximum atomic E-state index is 12.6. The van der Waals surface area contributed by atoms with E-state index in [4.69, 9.17) is 16.3 Å². The lowest BCUT2D eigenvalue weighted by atomic mass is 10.1. The molecule has 2 heterocycles. The Balaban J connectivity index is 1.43. The first-order chi connectivity index (χ1) is 14.1. The molecule has 0 bridgehead atoms. The van der Waals surface area contributed by atoms with Crippen LogP contribution in [0.3, 0.4) is 0 Å². The van der Waals surface area contributed by atoms with Gasteiger partial charge in [-0.25, -0.2) is 15.0 Å². The summed E-state index contributed by atoms with van der Waals surface area (Å²) in [6.07, 6.45) is 3.11. The number of amides is 1. The second-order valence-electron chi connectivity index (χ2n) is 6.06. The van der Waals surface area contributed by atoms with Gasteiger partial charge >= 0.3 is 0 Å². The molecule has 29 heavy (non-hydrogen) atoms. The molecule has 0 fully saturated rings. The number of thioether (sulfide) groups is 1. The molecule has 2 aromatic carbocycles. The van der Waals surface area contributed by atoms with Crippen LogP contribution in [0.2, 0.25) is 5.02 Å². The van der Waals surface area contributed by atoms with Crippen LogP contribution in [-0.2, 0) is 5.75 Å². The summed E-state index contributed by atoms with van der Waals surface area (Å²) in [5, 5.41) is 4.19. The van der Waals surface area contributed by atoms with E-state index in [-0.39, 0.29) is 5.91 Å². The molecule has 0 aliphatic heterocycles. The van der Waals surface area contributed by atoms with Gasteiger partial charge in [0.1, 0.15) is 22.6 Å². The summed E-state index contributed by atoms with van der Waals surface area (Å²) >= 11 is 7.59. The number of anilines is 1. The second-order valence-corrected chi connectivity index (χ2v) is 7.46. The van der Waals surface area contributed by atoms with Crippen molar-refractivity contribution < 1.29 is 9.53 Å². The molecule has 4 rings (SSSR count). The van der Waals surface area contributed by atoms with Crippen molar-refractivity contribution in [2.45, 2.75) is 10.8 Å². The SMILES string of the molecule is COc1ccc(Cl)cc1NC(=O)c1ccc(CSc2ncnc3nc[nH]c23)cc1. The third kappa shape index (κ3) is 4.33. The Morgan fingerprint density at radius 3 is 2.79 bits per heavy atom. The monoisotopic (exact) mass is 425 g/mol. The quantitative estimate of drug-likeness (QED) is 0.347. The van der Waals surface area contributed by atoms with E-state index in [0.29, 0.717) is 33.4 Å². The number of carbonyl (C=O) groups excluding carboxylic acids is 1. The van der Waals surface area contributed by atoms with Crippen LogP contribution in [0.25, 0.3) is 11.2 Å². The third-order valence-corrected chi connectivity index (χ3v) is 5.49. The Kier molecular flexibility index (Phi) is 5.64. The van der Waals surface area contributed by atoms with Crippen LogP contribution in [0.15, 0.2) is 60.1 Å². The standard InChI is InChI=1S/C20H16ClN5O2S/c1-28-16-7-6-14(21)8-15(16)26-19(27)13-4-2-12(3-5-13)9-29-20-17-18(23-10-22-17)24-11-25-20/h2-8,10-11H,9H2,1H3,(H,26,27)(H,22,23,24,25). The number of ether oxygens (including phenoxy) is 1. The minimum atomic E-state index is -0.236. The molecule has 0 atom stereocenters. The fraction of sp³-hybridized carbons (Fsp3) is 0.100. The van der Waals surface area contributed by atoms with E-state index in [1.54, 1.807) is 55.5 Å². The maximum absolute atomic E-state index is 12.6. The fourth-order valence-electron chi connectivity index (χ4n) is 2.73. The van der Waals surface area contributed by atoms with E-state index >= 15 is 0 Å². The summed E-state index contributed by atoms with van der Waals surface area (Å²) in [6, 6.07) is 12.5. The summed E-state index contributed by atoms with van der Waals surface area (Å²) in [5.74, 6) is 1.01. The number of rotatable bonds is 6. The highest BCUT2D eigenvalue weighted by atomic mass is 35.5. The van der Waals surface area contributed by atoms with E-state index in [9.17, 15) is 4.79 Å². The third-order valence-electron chi connectivity index (χ3n) is 4.19. The van der Waals surface area contributed by atoms with E-state index in [1.165, 1.54) is 6.33 Å². The van der Waals surface area contributed by atoms with Gasteiger partial charge in [0.2, 0.25) is 0 Å².